The molecule has 0 aliphatic carbocycles. The molecule has 11 heteroatoms. The normalized spacial score (nSPS) is 14.3. The van der Waals surface area contributed by atoms with E-state index in [-0.39, 0.29) is 5.69 Å². The standard InChI is InChI=1S/C20H19F2N5O3S/c21-14-1-6-18(22)19(11-14)31(28,29)26-16-4-2-15(3-5-16)24-20-12-17(13-23-25-20)27-7-9-30-10-8-27/h1-6,11-13,26H,7-10H2,(H,24,25). The van der Waals surface area contributed by atoms with Crippen molar-refractivity contribution < 1.29 is 21.9 Å². The Morgan fingerprint density at radius 3 is 2.42 bits per heavy atom. The van der Waals surface area contributed by atoms with Gasteiger partial charge < -0.3 is 15.0 Å². The van der Waals surface area contributed by atoms with Crippen LogP contribution in [-0.2, 0) is 14.8 Å². The van der Waals surface area contributed by atoms with Gasteiger partial charge in [0, 0.05) is 30.5 Å². The number of morpholine rings is 1. The number of nitrogens with zero attached hydrogens (tertiary/aromatic N) is 3. The second-order valence-corrected chi connectivity index (χ2v) is 8.43. The summed E-state index contributed by atoms with van der Waals surface area (Å²) in [5.41, 5.74) is 1.76. The molecule has 8 nitrogen and oxygen atoms in total. The molecule has 0 atom stereocenters. The number of rotatable bonds is 6. The fourth-order valence-electron chi connectivity index (χ4n) is 3.07. The van der Waals surface area contributed by atoms with Crippen LogP contribution in [0.4, 0.5) is 31.7 Å². The van der Waals surface area contributed by atoms with E-state index < -0.39 is 26.6 Å². The van der Waals surface area contributed by atoms with Crippen molar-refractivity contribution in [3.05, 3.63) is 66.4 Å². The van der Waals surface area contributed by atoms with Crippen molar-refractivity contribution in [2.24, 2.45) is 0 Å². The zero-order valence-corrected chi connectivity index (χ0v) is 17.1. The predicted molar refractivity (Wildman–Crippen MR) is 112 cm³/mol. The van der Waals surface area contributed by atoms with Crippen LogP contribution in [-0.4, -0.2) is 44.9 Å². The lowest BCUT2D eigenvalue weighted by Crippen LogP contribution is -2.36. The Kier molecular flexibility index (Phi) is 5.96. The van der Waals surface area contributed by atoms with Gasteiger partial charge in [0.15, 0.2) is 5.82 Å². The minimum atomic E-state index is -4.28. The lowest BCUT2D eigenvalue weighted by molar-refractivity contribution is 0.122. The fourth-order valence-corrected chi connectivity index (χ4v) is 4.22. The van der Waals surface area contributed by atoms with Crippen molar-refractivity contribution in [1.82, 2.24) is 10.2 Å². The topological polar surface area (TPSA) is 96.5 Å². The Labute approximate surface area is 177 Å². The van der Waals surface area contributed by atoms with Crippen LogP contribution in [0.1, 0.15) is 0 Å². The number of hydrogen-bond donors (Lipinski definition) is 2. The second kappa shape index (κ2) is 8.82. The SMILES string of the molecule is O=S(=O)(Nc1ccc(Nc2cc(N3CCOCC3)cnn2)cc1)c1cc(F)ccc1F. The van der Waals surface area contributed by atoms with E-state index in [1.54, 1.807) is 18.3 Å². The van der Waals surface area contributed by atoms with E-state index in [0.29, 0.717) is 30.8 Å². The first-order chi connectivity index (χ1) is 14.9. The number of nitrogens with one attached hydrogen (secondary N) is 2. The van der Waals surface area contributed by atoms with E-state index in [1.165, 1.54) is 12.1 Å². The lowest BCUT2D eigenvalue weighted by atomic mass is 10.3. The van der Waals surface area contributed by atoms with E-state index in [4.69, 9.17) is 4.74 Å². The highest BCUT2D eigenvalue weighted by Gasteiger charge is 2.20. The number of halogens is 2. The number of anilines is 4. The summed E-state index contributed by atoms with van der Waals surface area (Å²) in [5, 5.41) is 11.2. The first-order valence-corrected chi connectivity index (χ1v) is 10.9. The van der Waals surface area contributed by atoms with Crippen molar-refractivity contribution >= 4 is 32.9 Å². The van der Waals surface area contributed by atoms with Gasteiger partial charge in [0.05, 0.1) is 25.1 Å². The molecule has 1 aromatic heterocycles. The molecule has 0 unspecified atom stereocenters. The summed E-state index contributed by atoms with van der Waals surface area (Å²) < 4.78 is 59.5. The van der Waals surface area contributed by atoms with Crippen LogP contribution in [0, 0.1) is 11.6 Å². The third-order valence-electron chi connectivity index (χ3n) is 4.61. The van der Waals surface area contributed by atoms with Gasteiger partial charge >= 0.3 is 0 Å². The Morgan fingerprint density at radius 1 is 0.968 bits per heavy atom. The van der Waals surface area contributed by atoms with Crippen molar-refractivity contribution in [2.75, 3.05) is 41.2 Å². The fraction of sp³-hybridized carbons (Fsp3) is 0.200. The van der Waals surface area contributed by atoms with Crippen LogP contribution in [0.2, 0.25) is 0 Å². The largest absolute Gasteiger partial charge is 0.378 e. The van der Waals surface area contributed by atoms with Gasteiger partial charge in [-0.15, -0.1) is 5.10 Å². The van der Waals surface area contributed by atoms with Crippen LogP contribution >= 0.6 is 0 Å². The van der Waals surface area contributed by atoms with Crippen LogP contribution in [0.25, 0.3) is 0 Å². The molecule has 1 fully saturated rings. The minimum absolute atomic E-state index is 0.197. The van der Waals surface area contributed by atoms with Gasteiger partial charge in [0.1, 0.15) is 16.5 Å². The Morgan fingerprint density at radius 2 is 1.68 bits per heavy atom. The molecule has 0 saturated carbocycles. The molecule has 2 N–H and O–H groups in total. The number of benzene rings is 2. The van der Waals surface area contributed by atoms with Gasteiger partial charge in [-0.25, -0.2) is 17.2 Å². The van der Waals surface area contributed by atoms with E-state index >= 15 is 0 Å². The van der Waals surface area contributed by atoms with E-state index in [0.717, 1.165) is 30.9 Å². The molecule has 31 heavy (non-hydrogen) atoms. The lowest BCUT2D eigenvalue weighted by Gasteiger charge is -2.28. The molecule has 1 aliphatic heterocycles. The average Bonchev–Trinajstić information content (AvgIpc) is 2.77. The van der Waals surface area contributed by atoms with Crippen LogP contribution in [0.15, 0.2) is 59.6 Å². The summed E-state index contributed by atoms with van der Waals surface area (Å²) >= 11 is 0. The smallest absolute Gasteiger partial charge is 0.264 e. The van der Waals surface area contributed by atoms with Gasteiger partial charge in [-0.3, -0.25) is 4.72 Å². The third-order valence-corrected chi connectivity index (χ3v) is 6.00. The highest BCUT2D eigenvalue weighted by atomic mass is 32.2. The van der Waals surface area contributed by atoms with Crippen molar-refractivity contribution in [3.63, 3.8) is 0 Å². The maximum Gasteiger partial charge on any atom is 0.264 e. The summed E-state index contributed by atoms with van der Waals surface area (Å²) in [7, 11) is -4.28. The quantitative estimate of drug-likeness (QED) is 0.599. The van der Waals surface area contributed by atoms with Crippen molar-refractivity contribution in [3.8, 4) is 0 Å². The zero-order chi connectivity index (χ0) is 21.8. The molecule has 1 saturated heterocycles. The van der Waals surface area contributed by atoms with Crippen LogP contribution < -0.4 is 14.9 Å². The summed E-state index contributed by atoms with van der Waals surface area (Å²) in [4.78, 5) is 1.39. The molecule has 0 amide bonds. The minimum Gasteiger partial charge on any atom is -0.378 e. The van der Waals surface area contributed by atoms with Crippen molar-refractivity contribution in [2.45, 2.75) is 4.90 Å². The number of hydrogen-bond acceptors (Lipinski definition) is 7. The first-order valence-electron chi connectivity index (χ1n) is 9.41. The molecule has 2 heterocycles. The molecule has 3 aromatic rings. The summed E-state index contributed by atoms with van der Waals surface area (Å²) in [6.07, 6.45) is 1.68. The summed E-state index contributed by atoms with van der Waals surface area (Å²) in [5.74, 6) is -1.35. The monoisotopic (exact) mass is 447 g/mol. The number of sulfonamides is 1. The average molecular weight is 447 g/mol. The molecule has 0 radical (unpaired) electrons. The van der Waals surface area contributed by atoms with Gasteiger partial charge in [0.2, 0.25) is 0 Å². The Hall–Kier alpha value is -3.31. The predicted octanol–water partition coefficient (Wildman–Crippen LogP) is 3.14. The Balaban J connectivity index is 1.46. The molecule has 162 valence electrons. The van der Waals surface area contributed by atoms with Gasteiger partial charge in [0.25, 0.3) is 10.0 Å². The maximum atomic E-state index is 13.8. The second-order valence-electron chi connectivity index (χ2n) is 6.78. The van der Waals surface area contributed by atoms with E-state index in [1.807, 2.05) is 6.07 Å². The maximum absolute atomic E-state index is 13.8. The molecular formula is C20H19F2N5O3S. The van der Waals surface area contributed by atoms with Gasteiger partial charge in [-0.2, -0.15) is 5.10 Å². The molecule has 2 aromatic carbocycles. The summed E-state index contributed by atoms with van der Waals surface area (Å²) in [6, 6.07) is 10.4. The van der Waals surface area contributed by atoms with Crippen LogP contribution in [0.3, 0.4) is 0 Å². The highest BCUT2D eigenvalue weighted by molar-refractivity contribution is 7.92. The van der Waals surface area contributed by atoms with E-state index in [2.05, 4.69) is 25.1 Å². The van der Waals surface area contributed by atoms with E-state index in [9.17, 15) is 17.2 Å². The highest BCUT2D eigenvalue weighted by Crippen LogP contribution is 2.24. The van der Waals surface area contributed by atoms with Gasteiger partial charge in [-0.05, 0) is 42.5 Å². The van der Waals surface area contributed by atoms with Crippen molar-refractivity contribution in [1.29, 1.82) is 0 Å². The molecule has 1 aliphatic rings. The first kappa shape index (κ1) is 20.9. The van der Waals surface area contributed by atoms with Crippen LogP contribution in [0.5, 0.6) is 0 Å². The Bertz CT molecular complexity index is 1170. The third kappa shape index (κ3) is 5.06. The zero-order valence-electron chi connectivity index (χ0n) is 16.3. The number of aromatic nitrogens is 2. The van der Waals surface area contributed by atoms with Gasteiger partial charge in [-0.1, -0.05) is 0 Å². The number of ether oxygens (including phenoxy) is 1. The molecule has 0 spiro atoms. The molecule has 4 rings (SSSR count). The molecular weight excluding hydrogens is 428 g/mol. The summed E-state index contributed by atoms with van der Waals surface area (Å²) in [6.45, 7) is 2.85. The molecule has 0 bridgehead atoms.